The first kappa shape index (κ1) is 18.0. The number of rotatable bonds is 5. The van der Waals surface area contributed by atoms with Gasteiger partial charge in [-0.15, -0.1) is 0 Å². The van der Waals surface area contributed by atoms with Crippen LogP contribution in [0.15, 0.2) is 34.9 Å². The highest BCUT2D eigenvalue weighted by molar-refractivity contribution is 8.26. The van der Waals surface area contributed by atoms with Gasteiger partial charge in [0.25, 0.3) is 5.91 Å². The van der Waals surface area contributed by atoms with Gasteiger partial charge in [-0.25, -0.2) is 0 Å². The second kappa shape index (κ2) is 7.62. The zero-order chi connectivity index (χ0) is 18.0. The molecule has 0 spiro atoms. The number of fused-ring (bicyclic) bond motifs is 1. The van der Waals surface area contributed by atoms with Crippen molar-refractivity contribution in [3.63, 3.8) is 0 Å². The minimum atomic E-state index is 0.0264. The van der Waals surface area contributed by atoms with Gasteiger partial charge in [0.15, 0.2) is 0 Å². The van der Waals surface area contributed by atoms with E-state index in [9.17, 15) is 4.79 Å². The highest BCUT2D eigenvalue weighted by Gasteiger charge is 2.35. The number of ether oxygens (including phenoxy) is 1. The van der Waals surface area contributed by atoms with E-state index >= 15 is 0 Å². The molecule has 25 heavy (non-hydrogen) atoms. The van der Waals surface area contributed by atoms with E-state index in [1.165, 1.54) is 11.8 Å². The maximum absolute atomic E-state index is 12.9. The second-order valence-electron chi connectivity index (χ2n) is 5.90. The molecule has 0 bridgehead atoms. The third-order valence-electron chi connectivity index (χ3n) is 4.37. The van der Waals surface area contributed by atoms with Crippen molar-refractivity contribution in [2.45, 2.75) is 26.7 Å². The summed E-state index contributed by atoms with van der Waals surface area (Å²) in [6.07, 6.45) is 6.06. The first-order chi connectivity index (χ1) is 12.1. The predicted molar refractivity (Wildman–Crippen MR) is 109 cm³/mol. The van der Waals surface area contributed by atoms with Gasteiger partial charge < -0.3 is 9.64 Å². The van der Waals surface area contributed by atoms with Gasteiger partial charge in [-0.1, -0.05) is 43.4 Å². The quantitative estimate of drug-likeness (QED) is 0.563. The summed E-state index contributed by atoms with van der Waals surface area (Å²) in [6, 6.07) is 6.00. The smallest absolute Gasteiger partial charge is 0.268 e. The first-order valence-electron chi connectivity index (χ1n) is 8.52. The predicted octanol–water partition coefficient (Wildman–Crippen LogP) is 4.42. The van der Waals surface area contributed by atoms with Gasteiger partial charge in [0, 0.05) is 24.3 Å². The summed E-state index contributed by atoms with van der Waals surface area (Å²) < 4.78 is 5.97. The standard InChI is InChI=1S/C19H22N2O2S2/c1-4-6-11-21-18(22)17(25-19(21)24)16-9-7-13-12-14(23-3)8-10-15(13)20(16)5-2/h7-10,12H,4-6,11H2,1-3H3/b17-16+. The first-order valence-corrected chi connectivity index (χ1v) is 9.74. The maximum Gasteiger partial charge on any atom is 0.268 e. The number of methoxy groups -OCH3 is 1. The highest BCUT2D eigenvalue weighted by Crippen LogP contribution is 2.40. The molecule has 1 aromatic rings. The molecule has 0 aliphatic carbocycles. The molecule has 0 radical (unpaired) electrons. The summed E-state index contributed by atoms with van der Waals surface area (Å²) in [4.78, 5) is 17.5. The average molecular weight is 375 g/mol. The fourth-order valence-electron chi connectivity index (χ4n) is 3.03. The van der Waals surface area contributed by atoms with Gasteiger partial charge in [-0.3, -0.25) is 9.69 Å². The number of unbranched alkanes of at least 4 members (excludes halogenated alkanes) is 1. The average Bonchev–Trinajstić information content (AvgIpc) is 2.92. The van der Waals surface area contributed by atoms with E-state index in [4.69, 9.17) is 17.0 Å². The monoisotopic (exact) mass is 374 g/mol. The number of thioether (sulfide) groups is 1. The Bertz CT molecular complexity index is 771. The molecule has 2 heterocycles. The van der Waals surface area contributed by atoms with Crippen LogP contribution in [0.2, 0.25) is 0 Å². The Hall–Kier alpha value is -1.79. The highest BCUT2D eigenvalue weighted by atomic mass is 32.2. The lowest BCUT2D eigenvalue weighted by molar-refractivity contribution is -0.122. The zero-order valence-electron chi connectivity index (χ0n) is 14.7. The molecule has 1 fully saturated rings. The summed E-state index contributed by atoms with van der Waals surface area (Å²) >= 11 is 6.85. The Morgan fingerprint density at radius 3 is 2.68 bits per heavy atom. The molecule has 1 amide bonds. The van der Waals surface area contributed by atoms with Crippen LogP contribution in [0.3, 0.4) is 0 Å². The Morgan fingerprint density at radius 1 is 1.20 bits per heavy atom. The van der Waals surface area contributed by atoms with Crippen molar-refractivity contribution in [3.8, 4) is 5.75 Å². The Kier molecular flexibility index (Phi) is 5.49. The topological polar surface area (TPSA) is 32.8 Å². The van der Waals surface area contributed by atoms with E-state index in [1.807, 2.05) is 30.4 Å². The minimum Gasteiger partial charge on any atom is -0.497 e. The molecule has 0 saturated carbocycles. The number of carbonyl (C=O) groups excluding carboxylic acids is 1. The third-order valence-corrected chi connectivity index (χ3v) is 5.82. The molecule has 1 saturated heterocycles. The number of likely N-dealkylation sites (N-methyl/N-ethyl adjacent to an activating group) is 1. The summed E-state index contributed by atoms with van der Waals surface area (Å²) in [6.45, 7) is 5.68. The molecule has 0 unspecified atom stereocenters. The maximum atomic E-state index is 12.9. The number of nitrogens with zero attached hydrogens (tertiary/aromatic N) is 2. The largest absolute Gasteiger partial charge is 0.497 e. The van der Waals surface area contributed by atoms with Gasteiger partial charge in [0.05, 0.1) is 12.8 Å². The van der Waals surface area contributed by atoms with Crippen LogP contribution in [0.25, 0.3) is 6.08 Å². The Balaban J connectivity index is 1.99. The second-order valence-corrected chi connectivity index (χ2v) is 7.54. The molecule has 4 nitrogen and oxygen atoms in total. The number of thiocarbonyl (C=S) groups is 1. The van der Waals surface area contributed by atoms with Gasteiger partial charge in [-0.05, 0) is 37.6 Å². The Labute approximate surface area is 158 Å². The van der Waals surface area contributed by atoms with Crippen LogP contribution in [-0.2, 0) is 4.79 Å². The van der Waals surface area contributed by atoms with Gasteiger partial charge >= 0.3 is 0 Å². The van der Waals surface area contributed by atoms with Gasteiger partial charge in [0.1, 0.15) is 15.0 Å². The van der Waals surface area contributed by atoms with Crippen molar-refractivity contribution in [2.75, 3.05) is 25.1 Å². The zero-order valence-corrected chi connectivity index (χ0v) is 16.4. The fraction of sp³-hybridized carbons (Fsp3) is 0.368. The van der Waals surface area contributed by atoms with Crippen molar-refractivity contribution >= 4 is 46.0 Å². The van der Waals surface area contributed by atoms with E-state index in [0.29, 0.717) is 10.9 Å². The van der Waals surface area contributed by atoms with Crippen LogP contribution in [0.5, 0.6) is 5.75 Å². The number of amides is 1. The van der Waals surface area contributed by atoms with E-state index in [1.54, 1.807) is 12.0 Å². The number of benzene rings is 1. The lowest BCUT2D eigenvalue weighted by Gasteiger charge is -2.30. The molecule has 0 atom stereocenters. The molecular weight excluding hydrogens is 352 g/mol. The molecule has 132 valence electrons. The molecular formula is C19H22N2O2S2. The van der Waals surface area contributed by atoms with Crippen LogP contribution in [0.1, 0.15) is 32.3 Å². The van der Waals surface area contributed by atoms with Crippen molar-refractivity contribution in [3.05, 3.63) is 40.4 Å². The minimum absolute atomic E-state index is 0.0264. The van der Waals surface area contributed by atoms with Crippen LogP contribution >= 0.6 is 24.0 Å². The number of anilines is 1. The number of carbonyl (C=O) groups is 1. The number of allylic oxidation sites excluding steroid dienone is 1. The van der Waals surface area contributed by atoms with E-state index in [-0.39, 0.29) is 5.91 Å². The van der Waals surface area contributed by atoms with Gasteiger partial charge in [0.2, 0.25) is 0 Å². The number of hydrogen-bond donors (Lipinski definition) is 0. The molecule has 2 aliphatic heterocycles. The summed E-state index contributed by atoms with van der Waals surface area (Å²) in [7, 11) is 1.67. The molecule has 2 aliphatic rings. The van der Waals surface area contributed by atoms with Crippen LogP contribution in [0, 0.1) is 0 Å². The SMILES string of the molecule is CCCCN1C(=O)/C(=C2/C=Cc3cc(OC)ccc3N2CC)SC1=S. The summed E-state index contributed by atoms with van der Waals surface area (Å²) in [5, 5.41) is 0. The molecule has 0 N–H and O–H groups in total. The van der Waals surface area contributed by atoms with E-state index in [2.05, 4.69) is 18.7 Å². The lowest BCUT2D eigenvalue weighted by atomic mass is 10.0. The van der Waals surface area contributed by atoms with Crippen molar-refractivity contribution < 1.29 is 9.53 Å². The summed E-state index contributed by atoms with van der Waals surface area (Å²) in [5.41, 5.74) is 3.10. The summed E-state index contributed by atoms with van der Waals surface area (Å²) in [5.74, 6) is 0.854. The Morgan fingerprint density at radius 2 is 2.00 bits per heavy atom. The fourth-order valence-corrected chi connectivity index (χ4v) is 4.39. The normalized spacial score (nSPS) is 19.6. The molecule has 1 aromatic carbocycles. The lowest BCUT2D eigenvalue weighted by Crippen LogP contribution is -2.31. The molecule has 6 heteroatoms. The van der Waals surface area contributed by atoms with Crippen LogP contribution in [0.4, 0.5) is 5.69 Å². The molecule has 0 aromatic heterocycles. The van der Waals surface area contributed by atoms with Crippen LogP contribution in [-0.4, -0.2) is 35.3 Å². The van der Waals surface area contributed by atoms with Crippen molar-refractivity contribution in [2.24, 2.45) is 0 Å². The van der Waals surface area contributed by atoms with Gasteiger partial charge in [-0.2, -0.15) is 0 Å². The van der Waals surface area contributed by atoms with E-state index < -0.39 is 0 Å². The van der Waals surface area contributed by atoms with Crippen LogP contribution < -0.4 is 9.64 Å². The van der Waals surface area contributed by atoms with E-state index in [0.717, 1.165) is 47.0 Å². The van der Waals surface area contributed by atoms with Crippen molar-refractivity contribution in [1.82, 2.24) is 4.90 Å². The third kappa shape index (κ3) is 3.33. The molecule has 3 rings (SSSR count). The van der Waals surface area contributed by atoms with Crippen molar-refractivity contribution in [1.29, 1.82) is 0 Å². The number of hydrogen-bond acceptors (Lipinski definition) is 5.